The van der Waals surface area contributed by atoms with Crippen LogP contribution < -0.4 is 15.5 Å². The molecule has 0 saturated carbocycles. The van der Waals surface area contributed by atoms with Crippen molar-refractivity contribution in [3.05, 3.63) is 72.6 Å². The van der Waals surface area contributed by atoms with Crippen molar-refractivity contribution in [1.29, 1.82) is 0 Å². The maximum absolute atomic E-state index is 13.3. The Bertz CT molecular complexity index is 1280. The number of aromatic nitrogens is 2. The molecule has 3 heterocycles. The summed E-state index contributed by atoms with van der Waals surface area (Å²) in [6.07, 6.45) is -0.945. The van der Waals surface area contributed by atoms with Crippen LogP contribution in [0.3, 0.4) is 0 Å². The highest BCUT2D eigenvalue weighted by Crippen LogP contribution is 2.45. The van der Waals surface area contributed by atoms with Crippen LogP contribution in [0.2, 0.25) is 0 Å². The molecular formula is C23H18F3N5. The minimum atomic E-state index is -4.40. The highest BCUT2D eigenvalue weighted by atomic mass is 19.4. The Hall–Kier alpha value is -3.81. The zero-order chi connectivity index (χ0) is 21.8. The second-order valence-corrected chi connectivity index (χ2v) is 7.51. The molecule has 0 amide bonds. The number of alkyl halides is 3. The van der Waals surface area contributed by atoms with Crippen molar-refractivity contribution in [1.82, 2.24) is 9.97 Å². The Morgan fingerprint density at radius 2 is 1.74 bits per heavy atom. The van der Waals surface area contributed by atoms with E-state index in [0.717, 1.165) is 39.5 Å². The first-order valence-electron chi connectivity index (χ1n) is 9.62. The summed E-state index contributed by atoms with van der Waals surface area (Å²) in [5.41, 5.74) is 9.77. The number of hydrogen-bond donors (Lipinski definition) is 1. The van der Waals surface area contributed by atoms with Crippen molar-refractivity contribution in [3.63, 3.8) is 0 Å². The van der Waals surface area contributed by atoms with Crippen LogP contribution in [-0.4, -0.2) is 23.7 Å². The maximum Gasteiger partial charge on any atom is 0.416 e. The van der Waals surface area contributed by atoms with Gasteiger partial charge in [0, 0.05) is 29.9 Å². The van der Waals surface area contributed by atoms with Gasteiger partial charge >= 0.3 is 6.18 Å². The second-order valence-electron chi connectivity index (χ2n) is 7.51. The molecule has 0 saturated heterocycles. The number of nitrogens with zero attached hydrogens (tertiary/aromatic N) is 4. The van der Waals surface area contributed by atoms with Gasteiger partial charge in [-0.15, -0.1) is 0 Å². The fraction of sp³-hybridized carbons (Fsp3) is 0.130. The Balaban J connectivity index is 1.68. The van der Waals surface area contributed by atoms with E-state index >= 15 is 0 Å². The van der Waals surface area contributed by atoms with Gasteiger partial charge in [-0.3, -0.25) is 4.98 Å². The smallest absolute Gasteiger partial charge is 0.384 e. The molecular weight excluding hydrogens is 403 g/mol. The fourth-order valence-corrected chi connectivity index (χ4v) is 3.91. The van der Waals surface area contributed by atoms with Gasteiger partial charge < -0.3 is 15.5 Å². The van der Waals surface area contributed by atoms with Crippen LogP contribution in [-0.2, 0) is 6.18 Å². The summed E-state index contributed by atoms with van der Waals surface area (Å²) < 4.78 is 39.9. The highest BCUT2D eigenvalue weighted by Gasteiger charge is 2.33. The molecule has 156 valence electrons. The lowest BCUT2D eigenvalue weighted by Gasteiger charge is -2.21. The summed E-state index contributed by atoms with van der Waals surface area (Å²) in [6, 6.07) is 14.9. The molecule has 0 bridgehead atoms. The maximum atomic E-state index is 13.3. The lowest BCUT2D eigenvalue weighted by Crippen LogP contribution is -2.24. The first kappa shape index (κ1) is 19.2. The summed E-state index contributed by atoms with van der Waals surface area (Å²) in [5.74, 6) is 0.435. The number of benzene rings is 2. The molecule has 0 spiro atoms. The molecule has 0 aliphatic carbocycles. The average Bonchev–Trinajstić information content (AvgIpc) is 3.10. The summed E-state index contributed by atoms with van der Waals surface area (Å²) >= 11 is 0. The van der Waals surface area contributed by atoms with Crippen molar-refractivity contribution in [3.8, 4) is 11.1 Å². The first-order chi connectivity index (χ1) is 14.8. The van der Waals surface area contributed by atoms with E-state index in [1.165, 1.54) is 12.1 Å². The number of pyridine rings is 2. The molecule has 5 rings (SSSR count). The Kier molecular flexibility index (Phi) is 4.25. The van der Waals surface area contributed by atoms with Crippen molar-refractivity contribution in [2.75, 3.05) is 29.2 Å². The van der Waals surface area contributed by atoms with Gasteiger partial charge in [0.05, 0.1) is 35.3 Å². The van der Waals surface area contributed by atoms with E-state index in [0.29, 0.717) is 18.2 Å². The number of halogens is 3. The zero-order valence-electron chi connectivity index (χ0n) is 16.6. The molecule has 4 aromatic rings. The van der Waals surface area contributed by atoms with Gasteiger partial charge in [-0.25, -0.2) is 4.98 Å². The SMILES string of the molecule is CN1CN(c2cccc(C(F)(F)F)c2)c2c1cnc1ccc(-c3ccc(N)nc3)cc21. The summed E-state index contributed by atoms with van der Waals surface area (Å²) in [4.78, 5) is 12.6. The van der Waals surface area contributed by atoms with E-state index in [-0.39, 0.29) is 0 Å². The number of nitrogens with two attached hydrogens (primary N) is 1. The van der Waals surface area contributed by atoms with Crippen molar-refractivity contribution >= 4 is 33.8 Å². The third-order valence-electron chi connectivity index (χ3n) is 5.46. The number of hydrogen-bond acceptors (Lipinski definition) is 5. The van der Waals surface area contributed by atoms with Crippen molar-refractivity contribution in [2.24, 2.45) is 0 Å². The van der Waals surface area contributed by atoms with E-state index in [1.54, 1.807) is 24.5 Å². The number of fused-ring (bicyclic) bond motifs is 3. The minimum Gasteiger partial charge on any atom is -0.384 e. The molecule has 1 aliphatic rings. The quantitative estimate of drug-likeness (QED) is 0.467. The molecule has 1 aliphatic heterocycles. The fourth-order valence-electron chi connectivity index (χ4n) is 3.91. The Labute approximate surface area is 176 Å². The molecule has 8 heteroatoms. The topological polar surface area (TPSA) is 58.3 Å². The molecule has 2 N–H and O–H groups in total. The van der Waals surface area contributed by atoms with Crippen LogP contribution in [0.15, 0.2) is 67.0 Å². The first-order valence-corrected chi connectivity index (χ1v) is 9.62. The predicted molar refractivity (Wildman–Crippen MR) is 116 cm³/mol. The number of anilines is 4. The van der Waals surface area contributed by atoms with Crippen LogP contribution >= 0.6 is 0 Å². The Morgan fingerprint density at radius 1 is 0.935 bits per heavy atom. The minimum absolute atomic E-state index is 0.422. The third kappa shape index (κ3) is 3.30. The van der Waals surface area contributed by atoms with E-state index < -0.39 is 11.7 Å². The predicted octanol–water partition coefficient (Wildman–Crippen LogP) is 5.44. The molecule has 2 aromatic heterocycles. The van der Waals surface area contributed by atoms with E-state index in [9.17, 15) is 13.2 Å². The van der Waals surface area contributed by atoms with E-state index in [2.05, 4.69) is 9.97 Å². The lowest BCUT2D eigenvalue weighted by molar-refractivity contribution is -0.137. The van der Waals surface area contributed by atoms with E-state index in [1.807, 2.05) is 41.1 Å². The van der Waals surface area contributed by atoms with Crippen molar-refractivity contribution in [2.45, 2.75) is 6.18 Å². The van der Waals surface area contributed by atoms with Crippen LogP contribution in [0.25, 0.3) is 22.0 Å². The van der Waals surface area contributed by atoms with Gasteiger partial charge in [-0.1, -0.05) is 12.1 Å². The monoisotopic (exact) mass is 421 g/mol. The number of rotatable bonds is 2. The van der Waals surface area contributed by atoms with Gasteiger partial charge in [0.1, 0.15) is 5.82 Å². The van der Waals surface area contributed by atoms with Crippen molar-refractivity contribution < 1.29 is 13.2 Å². The summed E-state index contributed by atoms with van der Waals surface area (Å²) in [5, 5.41) is 0.855. The molecule has 0 fully saturated rings. The standard InChI is InChI=1S/C23H18F3N5/c1-30-13-31(17-4-2-3-16(10-17)23(24,25)26)22-18-9-14(15-6-8-21(27)29-11-15)5-7-19(18)28-12-20(22)30/h2-12H,13H2,1H3,(H2,27,29). The Morgan fingerprint density at radius 3 is 2.48 bits per heavy atom. The van der Waals surface area contributed by atoms with Gasteiger partial charge in [-0.2, -0.15) is 13.2 Å². The lowest BCUT2D eigenvalue weighted by atomic mass is 10.0. The third-order valence-corrected chi connectivity index (χ3v) is 5.46. The second kappa shape index (κ2) is 6.87. The molecule has 31 heavy (non-hydrogen) atoms. The summed E-state index contributed by atoms with van der Waals surface area (Å²) in [7, 11) is 1.90. The molecule has 5 nitrogen and oxygen atoms in total. The molecule has 2 aromatic carbocycles. The van der Waals surface area contributed by atoms with Gasteiger partial charge in [-0.05, 0) is 48.0 Å². The molecule has 0 unspecified atom stereocenters. The van der Waals surface area contributed by atoms with Gasteiger partial charge in [0.25, 0.3) is 0 Å². The van der Waals surface area contributed by atoms with Crippen LogP contribution in [0.4, 0.5) is 36.1 Å². The number of nitrogen functional groups attached to an aromatic ring is 1. The van der Waals surface area contributed by atoms with Crippen LogP contribution in [0.5, 0.6) is 0 Å². The average molecular weight is 421 g/mol. The molecule has 0 radical (unpaired) electrons. The largest absolute Gasteiger partial charge is 0.416 e. The zero-order valence-corrected chi connectivity index (χ0v) is 16.6. The van der Waals surface area contributed by atoms with Crippen LogP contribution in [0, 0.1) is 0 Å². The summed E-state index contributed by atoms with van der Waals surface area (Å²) in [6.45, 7) is 0.422. The van der Waals surface area contributed by atoms with Crippen LogP contribution in [0.1, 0.15) is 5.56 Å². The molecule has 0 atom stereocenters. The van der Waals surface area contributed by atoms with E-state index in [4.69, 9.17) is 5.73 Å². The van der Waals surface area contributed by atoms with Gasteiger partial charge in [0.15, 0.2) is 0 Å². The normalized spacial score (nSPS) is 13.7. The van der Waals surface area contributed by atoms with Gasteiger partial charge in [0.2, 0.25) is 0 Å². The highest BCUT2D eigenvalue weighted by molar-refractivity contribution is 6.04.